The van der Waals surface area contributed by atoms with Crippen LogP contribution in [0, 0.1) is 0 Å². The zero-order valence-corrected chi connectivity index (χ0v) is 13.9. The van der Waals surface area contributed by atoms with Crippen LogP contribution in [0.25, 0.3) is 0 Å². The lowest BCUT2D eigenvalue weighted by Crippen LogP contribution is -2.37. The van der Waals surface area contributed by atoms with Crippen molar-refractivity contribution < 1.29 is 13.5 Å². The molecule has 1 aliphatic heterocycles. The Kier molecular flexibility index (Phi) is 4.35. The Bertz CT molecular complexity index is 724. The van der Waals surface area contributed by atoms with Crippen molar-refractivity contribution in [1.82, 2.24) is 14.1 Å². The topological polar surface area (TPSA) is 75.4 Å². The van der Waals surface area contributed by atoms with Crippen molar-refractivity contribution >= 4 is 21.4 Å². The maximum atomic E-state index is 12.8. The van der Waals surface area contributed by atoms with Gasteiger partial charge in [-0.3, -0.25) is 4.68 Å². The highest BCUT2D eigenvalue weighted by Gasteiger charge is 2.37. The first-order valence-electron chi connectivity index (χ1n) is 7.21. The predicted octanol–water partition coefficient (Wildman–Crippen LogP) is 1.76. The van der Waals surface area contributed by atoms with Crippen LogP contribution in [-0.4, -0.2) is 40.2 Å². The molecule has 0 amide bonds. The first kappa shape index (κ1) is 15.7. The van der Waals surface area contributed by atoms with Crippen LogP contribution in [0.1, 0.15) is 30.2 Å². The molecule has 2 aromatic rings. The molecule has 2 aromatic heterocycles. The third-order valence-electron chi connectivity index (χ3n) is 4.04. The highest BCUT2D eigenvalue weighted by molar-refractivity contribution is 7.89. The van der Waals surface area contributed by atoms with Gasteiger partial charge in [0.25, 0.3) is 10.0 Å². The van der Waals surface area contributed by atoms with Crippen molar-refractivity contribution in [2.45, 2.75) is 36.4 Å². The molecule has 22 heavy (non-hydrogen) atoms. The van der Waals surface area contributed by atoms with Crippen LogP contribution in [-0.2, 0) is 17.1 Å². The number of aromatic nitrogens is 2. The maximum absolute atomic E-state index is 12.8. The summed E-state index contributed by atoms with van der Waals surface area (Å²) in [7, 11) is -1.94. The second-order valence-corrected chi connectivity index (χ2v) is 8.29. The van der Waals surface area contributed by atoms with Gasteiger partial charge in [-0.2, -0.15) is 9.40 Å². The minimum atomic E-state index is -3.56. The summed E-state index contributed by atoms with van der Waals surface area (Å²) in [5.41, 5.74) is 0. The normalized spacial score (nSPS) is 21.3. The van der Waals surface area contributed by atoms with E-state index >= 15 is 0 Å². The monoisotopic (exact) mass is 341 g/mol. The van der Waals surface area contributed by atoms with Crippen LogP contribution in [0.15, 0.2) is 34.8 Å². The molecule has 0 spiro atoms. The summed E-state index contributed by atoms with van der Waals surface area (Å²) in [4.78, 5) is 0.879. The summed E-state index contributed by atoms with van der Waals surface area (Å²) in [6.45, 7) is 0.495. The number of aryl methyl sites for hydroxylation is 1. The Morgan fingerprint density at radius 1 is 1.50 bits per heavy atom. The van der Waals surface area contributed by atoms with E-state index in [1.54, 1.807) is 7.05 Å². The highest BCUT2D eigenvalue weighted by Crippen LogP contribution is 2.32. The average Bonchev–Trinajstić information content (AvgIpc) is 3.19. The fraction of sp³-hybridized carbons (Fsp3) is 0.500. The van der Waals surface area contributed by atoms with Gasteiger partial charge in [-0.25, -0.2) is 8.42 Å². The average molecular weight is 341 g/mol. The van der Waals surface area contributed by atoms with E-state index in [9.17, 15) is 13.5 Å². The fourth-order valence-corrected chi connectivity index (χ4v) is 5.48. The highest BCUT2D eigenvalue weighted by atomic mass is 32.2. The molecule has 0 saturated carbocycles. The molecule has 3 heterocycles. The minimum Gasteiger partial charge on any atom is -0.388 e. The predicted molar refractivity (Wildman–Crippen MR) is 84.0 cm³/mol. The lowest BCUT2D eigenvalue weighted by Gasteiger charge is -2.25. The summed E-state index contributed by atoms with van der Waals surface area (Å²) in [5.74, 6) is 0. The zero-order chi connectivity index (χ0) is 15.7. The molecule has 0 unspecified atom stereocenters. The fourth-order valence-electron chi connectivity index (χ4n) is 2.95. The molecular formula is C14H19N3O3S2. The molecule has 0 bridgehead atoms. The lowest BCUT2D eigenvalue weighted by molar-refractivity contribution is 0.145. The summed E-state index contributed by atoms with van der Waals surface area (Å²) in [6.07, 6.45) is 2.89. The van der Waals surface area contributed by atoms with Gasteiger partial charge in [-0.1, -0.05) is 6.07 Å². The third kappa shape index (κ3) is 2.83. The smallest absolute Gasteiger partial charge is 0.260 e. The number of thiophene rings is 1. The second kappa shape index (κ2) is 6.11. The van der Waals surface area contributed by atoms with Gasteiger partial charge >= 0.3 is 0 Å². The third-order valence-corrected chi connectivity index (χ3v) is 7.04. The van der Waals surface area contributed by atoms with E-state index in [0.29, 0.717) is 13.0 Å². The summed E-state index contributed by atoms with van der Waals surface area (Å²) in [5, 5.41) is 16.4. The van der Waals surface area contributed by atoms with Gasteiger partial charge in [0, 0.05) is 24.5 Å². The summed E-state index contributed by atoms with van der Waals surface area (Å²) < 4.78 is 28.5. The number of sulfonamides is 1. The summed E-state index contributed by atoms with van der Waals surface area (Å²) >= 11 is 1.49. The Morgan fingerprint density at radius 2 is 2.32 bits per heavy atom. The van der Waals surface area contributed by atoms with Gasteiger partial charge in [-0.05, 0) is 36.8 Å². The molecule has 6 nitrogen and oxygen atoms in total. The van der Waals surface area contributed by atoms with Crippen LogP contribution in [0.2, 0.25) is 0 Å². The molecule has 0 aromatic carbocycles. The molecule has 2 atom stereocenters. The number of aliphatic hydroxyl groups excluding tert-OH is 1. The molecule has 0 radical (unpaired) electrons. The minimum absolute atomic E-state index is 0.169. The van der Waals surface area contributed by atoms with Crippen molar-refractivity contribution in [3.8, 4) is 0 Å². The Morgan fingerprint density at radius 3 is 2.95 bits per heavy atom. The molecule has 8 heteroatoms. The number of aliphatic hydroxyl groups is 1. The van der Waals surface area contributed by atoms with E-state index in [0.717, 1.165) is 17.7 Å². The van der Waals surface area contributed by atoms with E-state index in [1.807, 2.05) is 17.5 Å². The first-order chi connectivity index (χ1) is 10.5. The van der Waals surface area contributed by atoms with Crippen molar-refractivity contribution in [2.24, 2.45) is 7.05 Å². The van der Waals surface area contributed by atoms with Crippen LogP contribution in [0.4, 0.5) is 0 Å². The zero-order valence-electron chi connectivity index (χ0n) is 12.3. The van der Waals surface area contributed by atoms with E-state index in [-0.39, 0.29) is 11.1 Å². The molecule has 120 valence electrons. The van der Waals surface area contributed by atoms with Crippen LogP contribution < -0.4 is 0 Å². The van der Waals surface area contributed by atoms with Crippen molar-refractivity contribution in [3.63, 3.8) is 0 Å². The first-order valence-corrected chi connectivity index (χ1v) is 9.53. The molecular weight excluding hydrogens is 322 g/mol. The number of hydrogen-bond acceptors (Lipinski definition) is 5. The van der Waals surface area contributed by atoms with E-state index in [2.05, 4.69) is 5.10 Å². The van der Waals surface area contributed by atoms with Crippen molar-refractivity contribution in [3.05, 3.63) is 34.7 Å². The van der Waals surface area contributed by atoms with Crippen molar-refractivity contribution in [2.75, 3.05) is 6.54 Å². The molecule has 0 aliphatic carbocycles. The van der Waals surface area contributed by atoms with Gasteiger partial charge in [0.05, 0.1) is 12.3 Å². The van der Waals surface area contributed by atoms with Gasteiger partial charge in [0.2, 0.25) is 0 Å². The van der Waals surface area contributed by atoms with E-state index in [1.165, 1.54) is 32.6 Å². The number of nitrogens with zero attached hydrogens (tertiary/aromatic N) is 3. The lowest BCUT2D eigenvalue weighted by atomic mass is 10.1. The van der Waals surface area contributed by atoms with Crippen LogP contribution in [0.3, 0.4) is 0 Å². The second-order valence-electron chi connectivity index (χ2n) is 5.47. The van der Waals surface area contributed by atoms with Crippen LogP contribution in [0.5, 0.6) is 0 Å². The SMILES string of the molecule is Cn1nccc1S(=O)(=O)N1CCC[C@@H]1C[C@H](O)c1cccs1. The van der Waals surface area contributed by atoms with E-state index < -0.39 is 16.1 Å². The summed E-state index contributed by atoms with van der Waals surface area (Å²) in [6, 6.07) is 5.11. The Labute approximate surface area is 134 Å². The Hall–Kier alpha value is -1.22. The number of hydrogen-bond donors (Lipinski definition) is 1. The van der Waals surface area contributed by atoms with Gasteiger partial charge in [-0.15, -0.1) is 11.3 Å². The largest absolute Gasteiger partial charge is 0.388 e. The molecule has 1 aliphatic rings. The Balaban J connectivity index is 1.80. The molecule has 1 fully saturated rings. The standard InChI is InChI=1S/C14H19N3O3S2/c1-16-14(6-7-15-16)22(19,20)17-8-2-4-11(17)10-12(18)13-5-3-9-21-13/h3,5-7,9,11-12,18H,2,4,8,10H2,1H3/t11-,12+/m1/s1. The van der Waals surface area contributed by atoms with Gasteiger partial charge < -0.3 is 5.11 Å². The quantitative estimate of drug-likeness (QED) is 0.899. The molecule has 1 N–H and O–H groups in total. The maximum Gasteiger partial charge on any atom is 0.260 e. The van der Waals surface area contributed by atoms with Crippen molar-refractivity contribution in [1.29, 1.82) is 0 Å². The van der Waals surface area contributed by atoms with Crippen LogP contribution >= 0.6 is 11.3 Å². The van der Waals surface area contributed by atoms with Gasteiger partial charge in [0.15, 0.2) is 5.03 Å². The van der Waals surface area contributed by atoms with Gasteiger partial charge in [0.1, 0.15) is 0 Å². The molecule has 3 rings (SSSR count). The number of rotatable bonds is 5. The molecule has 1 saturated heterocycles. The van der Waals surface area contributed by atoms with E-state index in [4.69, 9.17) is 0 Å².